The van der Waals surface area contributed by atoms with E-state index in [-0.39, 0.29) is 31.6 Å². The molecule has 0 aliphatic carbocycles. The maximum absolute atomic E-state index is 12.7. The van der Waals surface area contributed by atoms with Gasteiger partial charge in [0.1, 0.15) is 13.2 Å². The largest absolute Gasteiger partial charge is 0.462 e. The minimum atomic E-state index is -0.828. The third-order valence-electron chi connectivity index (χ3n) is 10.2. The van der Waals surface area contributed by atoms with E-state index in [1.165, 1.54) is 44.9 Å². The van der Waals surface area contributed by atoms with E-state index in [0.29, 0.717) is 19.3 Å². The summed E-state index contributed by atoms with van der Waals surface area (Å²) in [5.74, 6) is -1.04. The number of unbranched alkanes of at least 4 members (excludes halogenated alkanes) is 15. The van der Waals surface area contributed by atoms with Crippen LogP contribution in [0.2, 0.25) is 0 Å². The van der Waals surface area contributed by atoms with Crippen molar-refractivity contribution in [2.24, 2.45) is 0 Å². The second-order valence-electron chi connectivity index (χ2n) is 16.3. The summed E-state index contributed by atoms with van der Waals surface area (Å²) >= 11 is 0. The van der Waals surface area contributed by atoms with Gasteiger partial charge in [-0.25, -0.2) is 0 Å². The first kappa shape index (κ1) is 59.1. The Morgan fingerprint density at radius 2 is 0.683 bits per heavy atom. The molecule has 0 N–H and O–H groups in total. The van der Waals surface area contributed by atoms with E-state index in [9.17, 15) is 14.4 Å². The lowest BCUT2D eigenvalue weighted by Gasteiger charge is -2.18. The summed E-state index contributed by atoms with van der Waals surface area (Å²) in [7, 11) is 0. The maximum atomic E-state index is 12.7. The number of rotatable bonds is 44. The zero-order valence-corrected chi connectivity index (χ0v) is 40.5. The third kappa shape index (κ3) is 49.0. The van der Waals surface area contributed by atoms with E-state index in [1.807, 2.05) is 12.2 Å². The van der Waals surface area contributed by atoms with Gasteiger partial charge in [-0.05, 0) is 109 Å². The molecular formula is C57H92O6. The van der Waals surface area contributed by atoms with Crippen LogP contribution in [0.15, 0.2) is 109 Å². The summed E-state index contributed by atoms with van der Waals surface area (Å²) in [6.45, 7) is 6.32. The lowest BCUT2D eigenvalue weighted by Crippen LogP contribution is -2.30. The van der Waals surface area contributed by atoms with E-state index in [2.05, 4.69) is 118 Å². The summed E-state index contributed by atoms with van der Waals surface area (Å²) < 4.78 is 16.7. The van der Waals surface area contributed by atoms with Crippen molar-refractivity contribution in [3.8, 4) is 0 Å². The normalized spacial score (nSPS) is 13.0. The Balaban J connectivity index is 4.49. The van der Waals surface area contributed by atoms with Crippen LogP contribution in [0.3, 0.4) is 0 Å². The molecule has 1 unspecified atom stereocenters. The van der Waals surface area contributed by atoms with Gasteiger partial charge in [0.15, 0.2) is 6.10 Å². The Bertz CT molecular complexity index is 1330. The minimum Gasteiger partial charge on any atom is -0.462 e. The topological polar surface area (TPSA) is 78.9 Å². The van der Waals surface area contributed by atoms with Gasteiger partial charge < -0.3 is 14.2 Å². The highest BCUT2D eigenvalue weighted by molar-refractivity contribution is 5.71. The molecular weight excluding hydrogens is 781 g/mol. The first-order valence-corrected chi connectivity index (χ1v) is 25.4. The molecule has 0 aliphatic heterocycles. The molecule has 0 saturated carbocycles. The van der Waals surface area contributed by atoms with Gasteiger partial charge in [0.05, 0.1) is 0 Å². The van der Waals surface area contributed by atoms with E-state index in [4.69, 9.17) is 14.2 Å². The van der Waals surface area contributed by atoms with Crippen LogP contribution in [-0.4, -0.2) is 37.2 Å². The lowest BCUT2D eigenvalue weighted by atomic mass is 10.1. The summed E-state index contributed by atoms with van der Waals surface area (Å²) in [5.41, 5.74) is 0. The molecule has 0 spiro atoms. The Morgan fingerprint density at radius 1 is 0.333 bits per heavy atom. The minimum absolute atomic E-state index is 0.120. The molecule has 63 heavy (non-hydrogen) atoms. The average molecular weight is 873 g/mol. The number of ether oxygens (including phenoxy) is 3. The first-order valence-electron chi connectivity index (χ1n) is 25.4. The van der Waals surface area contributed by atoms with Gasteiger partial charge in [-0.3, -0.25) is 14.4 Å². The Hall–Kier alpha value is -3.93. The molecule has 6 heteroatoms. The molecule has 0 fully saturated rings. The van der Waals surface area contributed by atoms with Gasteiger partial charge in [-0.2, -0.15) is 0 Å². The summed E-state index contributed by atoms with van der Waals surface area (Å²) in [6.07, 6.45) is 68.0. The highest BCUT2D eigenvalue weighted by atomic mass is 16.6. The molecule has 356 valence electrons. The molecule has 0 aromatic carbocycles. The highest BCUT2D eigenvalue weighted by Crippen LogP contribution is 2.12. The molecule has 0 heterocycles. The van der Waals surface area contributed by atoms with E-state index < -0.39 is 12.1 Å². The van der Waals surface area contributed by atoms with Gasteiger partial charge in [0, 0.05) is 19.3 Å². The fraction of sp³-hybridized carbons (Fsp3) is 0.632. The van der Waals surface area contributed by atoms with E-state index in [1.54, 1.807) is 0 Å². The predicted molar refractivity (Wildman–Crippen MR) is 270 cm³/mol. The fourth-order valence-corrected chi connectivity index (χ4v) is 6.44. The smallest absolute Gasteiger partial charge is 0.306 e. The number of allylic oxidation sites excluding steroid dienone is 18. The van der Waals surface area contributed by atoms with Crippen molar-refractivity contribution in [2.75, 3.05) is 13.2 Å². The molecule has 0 aromatic heterocycles. The summed E-state index contributed by atoms with van der Waals surface area (Å²) in [4.78, 5) is 37.9. The van der Waals surface area contributed by atoms with Crippen LogP contribution < -0.4 is 0 Å². The zero-order chi connectivity index (χ0) is 45.8. The lowest BCUT2D eigenvalue weighted by molar-refractivity contribution is -0.166. The quantitative estimate of drug-likeness (QED) is 0.0263. The van der Waals surface area contributed by atoms with Crippen LogP contribution in [-0.2, 0) is 28.6 Å². The standard InChI is InChI=1S/C57H92O6/c1-4-7-10-13-16-19-22-25-26-27-28-29-30-33-35-38-41-44-47-50-56(59)62-53-54(63-57(60)51-48-45-42-39-36-32-24-21-18-15-12-9-6-3)52-61-55(58)49-46-43-40-37-34-31-23-20-17-14-11-8-5-2/h9,11-12,14,16,18-21,23,25-26,28-29,32,36,42,45,54H,4-8,10,13,15,17,22,24,27,30-31,33-35,37-41,43-44,46-53H2,1-3H3/b12-9-,14-11-,19-16-,21-18-,23-20-,26-25-,29-28-,36-32-,45-42-. The molecule has 0 aliphatic rings. The molecule has 0 bridgehead atoms. The number of hydrogen-bond acceptors (Lipinski definition) is 6. The number of hydrogen-bond donors (Lipinski definition) is 0. The fourth-order valence-electron chi connectivity index (χ4n) is 6.44. The van der Waals surface area contributed by atoms with Crippen molar-refractivity contribution in [3.05, 3.63) is 109 Å². The van der Waals surface area contributed by atoms with Crippen LogP contribution >= 0.6 is 0 Å². The van der Waals surface area contributed by atoms with Crippen molar-refractivity contribution in [1.29, 1.82) is 0 Å². The summed E-state index contributed by atoms with van der Waals surface area (Å²) in [5, 5.41) is 0. The van der Waals surface area contributed by atoms with Gasteiger partial charge >= 0.3 is 17.9 Å². The highest BCUT2D eigenvalue weighted by Gasteiger charge is 2.19. The first-order chi connectivity index (χ1) is 31.0. The predicted octanol–water partition coefficient (Wildman–Crippen LogP) is 16.8. The molecule has 1 atom stereocenters. The van der Waals surface area contributed by atoms with Gasteiger partial charge in [-0.15, -0.1) is 0 Å². The molecule has 0 aromatic rings. The van der Waals surface area contributed by atoms with Gasteiger partial charge in [-0.1, -0.05) is 194 Å². The van der Waals surface area contributed by atoms with Gasteiger partial charge in [0.2, 0.25) is 0 Å². The monoisotopic (exact) mass is 873 g/mol. The van der Waals surface area contributed by atoms with Crippen molar-refractivity contribution in [1.82, 2.24) is 0 Å². The van der Waals surface area contributed by atoms with Crippen molar-refractivity contribution in [3.63, 3.8) is 0 Å². The van der Waals surface area contributed by atoms with Crippen molar-refractivity contribution in [2.45, 2.75) is 219 Å². The van der Waals surface area contributed by atoms with Crippen LogP contribution in [0.25, 0.3) is 0 Å². The van der Waals surface area contributed by atoms with E-state index in [0.717, 1.165) is 122 Å². The van der Waals surface area contributed by atoms with E-state index >= 15 is 0 Å². The number of esters is 3. The average Bonchev–Trinajstić information content (AvgIpc) is 3.28. The van der Waals surface area contributed by atoms with Gasteiger partial charge in [0.25, 0.3) is 0 Å². The summed E-state index contributed by atoms with van der Waals surface area (Å²) in [6, 6.07) is 0. The molecule has 6 nitrogen and oxygen atoms in total. The van der Waals surface area contributed by atoms with Crippen LogP contribution in [0.4, 0.5) is 0 Å². The van der Waals surface area contributed by atoms with Crippen LogP contribution in [0.1, 0.15) is 213 Å². The molecule has 0 saturated heterocycles. The number of carbonyl (C=O) groups is 3. The molecule has 0 rings (SSSR count). The Labute approximate surface area is 387 Å². The SMILES string of the molecule is CC/C=C\C/C=C\C/C=C\C/C=C\CCC(=O)OC(COC(=O)CCCCCCC/C=C\C/C=C\CCC)COC(=O)CCCCCCCC/C=C\C/C=C\C/C=C\CCCCC. The Morgan fingerprint density at radius 3 is 1.10 bits per heavy atom. The van der Waals surface area contributed by atoms with Crippen LogP contribution in [0, 0.1) is 0 Å². The number of carbonyl (C=O) groups excluding carboxylic acids is 3. The van der Waals surface area contributed by atoms with Crippen molar-refractivity contribution >= 4 is 17.9 Å². The van der Waals surface area contributed by atoms with Crippen molar-refractivity contribution < 1.29 is 28.6 Å². The third-order valence-corrected chi connectivity index (χ3v) is 10.2. The maximum Gasteiger partial charge on any atom is 0.306 e. The molecule has 0 amide bonds. The zero-order valence-electron chi connectivity index (χ0n) is 40.5. The molecule has 0 radical (unpaired) electrons. The second-order valence-corrected chi connectivity index (χ2v) is 16.3. The van der Waals surface area contributed by atoms with Crippen LogP contribution in [0.5, 0.6) is 0 Å². The Kier molecular flexibility index (Phi) is 47.5. The second kappa shape index (κ2) is 50.7.